The van der Waals surface area contributed by atoms with Crippen molar-refractivity contribution in [2.75, 3.05) is 13.7 Å². The van der Waals surface area contributed by atoms with Crippen LogP contribution < -0.4 is 4.74 Å². The fourth-order valence-corrected chi connectivity index (χ4v) is 3.45. The van der Waals surface area contributed by atoms with E-state index in [-0.39, 0.29) is 17.9 Å². The van der Waals surface area contributed by atoms with Crippen LogP contribution in [0.15, 0.2) is 12.1 Å². The molecule has 7 heteroatoms. The van der Waals surface area contributed by atoms with E-state index in [1.54, 1.807) is 20.8 Å². The standard InChI is InChI=1S/C13H17F2NO3S/c1-13(2,3)20(17,18)16-7-11(16)12-9(14)5-8(19-4)6-10(12)15/h5-6,11H,7H2,1-4H3. The van der Waals surface area contributed by atoms with E-state index >= 15 is 0 Å². The van der Waals surface area contributed by atoms with Crippen LogP contribution in [-0.4, -0.2) is 31.1 Å². The molecular formula is C13H17F2NO3S. The molecule has 1 saturated heterocycles. The highest BCUT2D eigenvalue weighted by Crippen LogP contribution is 2.44. The zero-order valence-electron chi connectivity index (χ0n) is 11.8. The Kier molecular flexibility index (Phi) is 3.54. The summed E-state index contributed by atoms with van der Waals surface area (Å²) in [5.74, 6) is -1.52. The molecule has 1 aromatic rings. The Balaban J connectivity index is 2.34. The molecule has 2 unspecified atom stereocenters. The predicted molar refractivity (Wildman–Crippen MR) is 71.0 cm³/mol. The average Bonchev–Trinajstić information content (AvgIpc) is 3.07. The van der Waals surface area contributed by atoms with Crippen LogP contribution in [0.1, 0.15) is 32.4 Å². The summed E-state index contributed by atoms with van der Waals surface area (Å²) in [5.41, 5.74) is -0.223. The van der Waals surface area contributed by atoms with Gasteiger partial charge in [0.1, 0.15) is 17.4 Å². The van der Waals surface area contributed by atoms with Crippen molar-refractivity contribution in [1.29, 1.82) is 0 Å². The van der Waals surface area contributed by atoms with E-state index < -0.39 is 32.4 Å². The summed E-state index contributed by atoms with van der Waals surface area (Å²) in [6, 6.07) is 1.34. The van der Waals surface area contributed by atoms with E-state index in [2.05, 4.69) is 0 Å². The van der Waals surface area contributed by atoms with E-state index in [4.69, 9.17) is 4.74 Å². The molecule has 0 spiro atoms. The van der Waals surface area contributed by atoms with Gasteiger partial charge in [0.2, 0.25) is 10.0 Å². The number of methoxy groups -OCH3 is 1. The zero-order chi connectivity index (χ0) is 15.3. The van der Waals surface area contributed by atoms with Crippen LogP contribution in [0.2, 0.25) is 0 Å². The van der Waals surface area contributed by atoms with Gasteiger partial charge in [-0.05, 0) is 20.8 Å². The number of hydrogen-bond donors (Lipinski definition) is 0. The van der Waals surface area contributed by atoms with Crippen LogP contribution in [0.25, 0.3) is 0 Å². The Morgan fingerprint density at radius 3 is 2.15 bits per heavy atom. The molecule has 0 amide bonds. The Labute approximate surface area is 117 Å². The molecule has 2 rings (SSSR count). The van der Waals surface area contributed by atoms with Crippen molar-refractivity contribution in [1.82, 2.24) is 4.31 Å². The summed E-state index contributed by atoms with van der Waals surface area (Å²) in [4.78, 5) is 0. The number of halogens is 2. The summed E-state index contributed by atoms with van der Waals surface area (Å²) >= 11 is 0. The third-order valence-electron chi connectivity index (χ3n) is 3.27. The van der Waals surface area contributed by atoms with Gasteiger partial charge >= 0.3 is 0 Å². The number of rotatable bonds is 3. The Morgan fingerprint density at radius 1 is 1.25 bits per heavy atom. The van der Waals surface area contributed by atoms with E-state index in [9.17, 15) is 17.2 Å². The molecule has 0 aromatic heterocycles. The van der Waals surface area contributed by atoms with Crippen molar-refractivity contribution in [2.24, 2.45) is 0 Å². The van der Waals surface area contributed by atoms with E-state index in [0.29, 0.717) is 0 Å². The van der Waals surface area contributed by atoms with Crippen molar-refractivity contribution in [3.05, 3.63) is 29.3 Å². The highest BCUT2D eigenvalue weighted by molar-refractivity contribution is 7.90. The second-order valence-electron chi connectivity index (χ2n) is 5.71. The van der Waals surface area contributed by atoms with Crippen LogP contribution >= 0.6 is 0 Å². The maximum absolute atomic E-state index is 13.9. The van der Waals surface area contributed by atoms with Gasteiger partial charge in [-0.1, -0.05) is 0 Å². The highest BCUT2D eigenvalue weighted by atomic mass is 32.2. The molecule has 112 valence electrons. The third-order valence-corrected chi connectivity index (χ3v) is 5.84. The van der Waals surface area contributed by atoms with Crippen molar-refractivity contribution < 1.29 is 21.9 Å². The van der Waals surface area contributed by atoms with Gasteiger partial charge in [-0.15, -0.1) is 0 Å². The molecule has 0 saturated carbocycles. The Bertz CT molecular complexity index is 615. The largest absolute Gasteiger partial charge is 0.497 e. The molecule has 0 bridgehead atoms. The monoisotopic (exact) mass is 305 g/mol. The minimum Gasteiger partial charge on any atom is -0.497 e. The van der Waals surface area contributed by atoms with Gasteiger partial charge in [0.25, 0.3) is 0 Å². The van der Waals surface area contributed by atoms with Crippen molar-refractivity contribution >= 4 is 10.0 Å². The lowest BCUT2D eigenvalue weighted by Gasteiger charge is -2.20. The first-order chi connectivity index (χ1) is 9.09. The van der Waals surface area contributed by atoms with Gasteiger partial charge in [0, 0.05) is 24.2 Å². The van der Waals surface area contributed by atoms with Crippen LogP contribution in [-0.2, 0) is 10.0 Å². The quantitative estimate of drug-likeness (QED) is 0.806. The lowest BCUT2D eigenvalue weighted by atomic mass is 10.1. The normalized spacial score (nSPS) is 22.7. The van der Waals surface area contributed by atoms with Gasteiger partial charge in [-0.25, -0.2) is 17.2 Å². The highest BCUT2D eigenvalue weighted by Gasteiger charge is 2.51. The molecule has 1 aromatic carbocycles. The average molecular weight is 305 g/mol. The number of benzene rings is 1. The predicted octanol–water partition coefficient (Wildman–Crippen LogP) is 2.46. The van der Waals surface area contributed by atoms with Gasteiger partial charge in [-0.2, -0.15) is 4.31 Å². The first kappa shape index (κ1) is 15.2. The number of nitrogens with zero attached hydrogens (tertiary/aromatic N) is 1. The summed E-state index contributed by atoms with van der Waals surface area (Å²) in [5, 5.41) is 0. The molecule has 1 heterocycles. The number of sulfonamides is 1. The molecule has 1 aliphatic heterocycles. The van der Waals surface area contributed by atoms with Crippen molar-refractivity contribution in [2.45, 2.75) is 31.6 Å². The lowest BCUT2D eigenvalue weighted by molar-refractivity contribution is 0.404. The molecule has 4 nitrogen and oxygen atoms in total. The minimum absolute atomic E-state index is 0.0645. The number of hydrogen-bond acceptors (Lipinski definition) is 3. The molecule has 0 aliphatic carbocycles. The fourth-order valence-electron chi connectivity index (χ4n) is 1.97. The summed E-state index contributed by atoms with van der Waals surface area (Å²) in [7, 11) is -2.27. The van der Waals surface area contributed by atoms with Gasteiger partial charge in [0.05, 0.1) is 17.9 Å². The van der Waals surface area contributed by atoms with Crippen molar-refractivity contribution in [3.8, 4) is 5.75 Å². The second-order valence-corrected chi connectivity index (χ2v) is 8.35. The van der Waals surface area contributed by atoms with Crippen LogP contribution in [0.5, 0.6) is 5.75 Å². The molecule has 20 heavy (non-hydrogen) atoms. The summed E-state index contributed by atoms with van der Waals surface area (Å²) < 4.78 is 57.1. The van der Waals surface area contributed by atoms with Gasteiger partial charge in [0.15, 0.2) is 0 Å². The lowest BCUT2D eigenvalue weighted by Crippen LogP contribution is -2.33. The number of ether oxygens (including phenoxy) is 1. The minimum atomic E-state index is -3.58. The molecule has 0 radical (unpaired) electrons. The topological polar surface area (TPSA) is 46.4 Å². The first-order valence-electron chi connectivity index (χ1n) is 6.14. The fraction of sp³-hybridized carbons (Fsp3) is 0.538. The van der Waals surface area contributed by atoms with E-state index in [1.807, 2.05) is 0 Å². The van der Waals surface area contributed by atoms with E-state index in [1.165, 1.54) is 7.11 Å². The summed E-state index contributed by atoms with van der Waals surface area (Å²) in [6.07, 6.45) is 0. The first-order valence-corrected chi connectivity index (χ1v) is 7.58. The second kappa shape index (κ2) is 4.66. The third kappa shape index (κ3) is 2.40. The molecule has 0 N–H and O–H groups in total. The molecule has 2 atom stereocenters. The smallest absolute Gasteiger partial charge is 0.219 e. The Hall–Kier alpha value is -1.21. The van der Waals surface area contributed by atoms with E-state index in [0.717, 1.165) is 16.4 Å². The van der Waals surface area contributed by atoms with Gasteiger partial charge in [-0.3, -0.25) is 0 Å². The molecular weight excluding hydrogens is 288 g/mol. The van der Waals surface area contributed by atoms with Crippen LogP contribution in [0.3, 0.4) is 0 Å². The van der Waals surface area contributed by atoms with Crippen LogP contribution in [0, 0.1) is 11.6 Å². The zero-order valence-corrected chi connectivity index (χ0v) is 12.6. The maximum Gasteiger partial charge on any atom is 0.219 e. The maximum atomic E-state index is 13.9. The molecule has 1 fully saturated rings. The Morgan fingerprint density at radius 2 is 1.75 bits per heavy atom. The SMILES string of the molecule is COc1cc(F)c(C2CN2S(=O)(=O)C(C)(C)C)c(F)c1. The van der Waals surface area contributed by atoms with Crippen molar-refractivity contribution in [3.63, 3.8) is 0 Å². The van der Waals surface area contributed by atoms with Crippen LogP contribution in [0.4, 0.5) is 8.78 Å². The molecule has 1 aliphatic rings. The van der Waals surface area contributed by atoms with Gasteiger partial charge < -0.3 is 4.74 Å². The summed E-state index contributed by atoms with van der Waals surface area (Å²) in [6.45, 7) is 4.76.